The minimum absolute atomic E-state index is 0.340. The second kappa shape index (κ2) is 8.27. The average molecular weight is 401 g/mol. The summed E-state index contributed by atoms with van der Waals surface area (Å²) >= 11 is 5.80. The number of hydrogen-bond donors (Lipinski definition) is 0. The molecule has 0 radical (unpaired) electrons. The van der Waals surface area contributed by atoms with E-state index in [-0.39, 0.29) is 12.4 Å². The van der Waals surface area contributed by atoms with E-state index >= 15 is 0 Å². The first kappa shape index (κ1) is 19.6. The van der Waals surface area contributed by atoms with Crippen molar-refractivity contribution in [3.05, 3.63) is 75.1 Å². The molecule has 0 fully saturated rings. The van der Waals surface area contributed by atoms with Crippen LogP contribution in [0.3, 0.4) is 0 Å². The lowest BCUT2D eigenvalue weighted by molar-refractivity contribution is -0.148. The van der Waals surface area contributed by atoms with Gasteiger partial charge in [0.25, 0.3) is 0 Å². The number of fused-ring (bicyclic) bond motifs is 1. The molecule has 6 nitrogen and oxygen atoms in total. The van der Waals surface area contributed by atoms with Gasteiger partial charge in [0.05, 0.1) is 0 Å². The maximum absolute atomic E-state index is 12.3. The lowest BCUT2D eigenvalue weighted by Crippen LogP contribution is -2.27. The van der Waals surface area contributed by atoms with Gasteiger partial charge in [-0.1, -0.05) is 11.6 Å². The summed E-state index contributed by atoms with van der Waals surface area (Å²) < 4.78 is 15.7. The van der Waals surface area contributed by atoms with Gasteiger partial charge in [-0.25, -0.2) is 9.59 Å². The molecule has 0 bridgehead atoms. The summed E-state index contributed by atoms with van der Waals surface area (Å²) in [5.74, 6) is -0.691. The lowest BCUT2D eigenvalue weighted by atomic mass is 10.1. The fourth-order valence-corrected chi connectivity index (χ4v) is 2.80. The minimum Gasteiger partial charge on any atom is -0.482 e. The fraction of sp³-hybridized carbons (Fsp3) is 0.190. The number of ether oxygens (including phenoxy) is 2. The maximum atomic E-state index is 12.3. The monoisotopic (exact) mass is 400 g/mol. The van der Waals surface area contributed by atoms with Gasteiger partial charge in [-0.2, -0.15) is 0 Å². The second-order valence-electron chi connectivity index (χ2n) is 6.20. The molecule has 1 atom stereocenters. The number of carbonyl (C=O) groups is 2. The standard InChI is InChI=1S/C21H17ClO6/c1-12-9-19(23)28-18-10-16(7-8-17(12)18)26-11-20(24)27-13(2)21(25)14-3-5-15(22)6-4-14/h3-10,13H,11H2,1-2H3/t13-/m1/s1. The van der Waals surface area contributed by atoms with Crippen LogP contribution in [0.25, 0.3) is 11.0 Å². The quantitative estimate of drug-likeness (QED) is 0.354. The largest absolute Gasteiger partial charge is 0.482 e. The Labute approximate surface area is 165 Å². The highest BCUT2D eigenvalue weighted by Gasteiger charge is 2.20. The molecule has 28 heavy (non-hydrogen) atoms. The summed E-state index contributed by atoms with van der Waals surface area (Å²) in [6.45, 7) is 2.90. The summed E-state index contributed by atoms with van der Waals surface area (Å²) in [5.41, 5.74) is 1.08. The van der Waals surface area contributed by atoms with Gasteiger partial charge < -0.3 is 13.9 Å². The molecule has 3 rings (SSSR count). The Morgan fingerprint density at radius 3 is 2.54 bits per heavy atom. The zero-order valence-corrected chi connectivity index (χ0v) is 16.0. The van der Waals surface area contributed by atoms with Gasteiger partial charge >= 0.3 is 11.6 Å². The van der Waals surface area contributed by atoms with Crippen LogP contribution in [0, 0.1) is 6.92 Å². The van der Waals surface area contributed by atoms with Crippen LogP contribution in [-0.2, 0) is 9.53 Å². The Morgan fingerprint density at radius 2 is 1.82 bits per heavy atom. The number of esters is 1. The van der Waals surface area contributed by atoms with Crippen molar-refractivity contribution in [1.82, 2.24) is 0 Å². The Bertz CT molecular complexity index is 1080. The normalized spacial score (nSPS) is 11.8. The molecule has 144 valence electrons. The van der Waals surface area contributed by atoms with E-state index in [1.807, 2.05) is 0 Å². The van der Waals surface area contributed by atoms with Gasteiger partial charge in [-0.15, -0.1) is 0 Å². The van der Waals surface area contributed by atoms with Crippen LogP contribution in [-0.4, -0.2) is 24.5 Å². The third kappa shape index (κ3) is 4.58. The number of ketones is 1. The Kier molecular flexibility index (Phi) is 5.80. The van der Waals surface area contributed by atoms with Crippen LogP contribution in [0.1, 0.15) is 22.8 Å². The number of aryl methyl sites for hydroxylation is 1. The molecule has 1 heterocycles. The molecule has 0 aliphatic carbocycles. The lowest BCUT2D eigenvalue weighted by Gasteiger charge is -2.13. The number of Topliss-reactive ketones (excluding diaryl/α,β-unsaturated/α-hetero) is 1. The highest BCUT2D eigenvalue weighted by Crippen LogP contribution is 2.22. The summed E-state index contributed by atoms with van der Waals surface area (Å²) in [7, 11) is 0. The van der Waals surface area contributed by atoms with Crippen molar-refractivity contribution in [2.75, 3.05) is 6.61 Å². The summed E-state index contributed by atoms with van der Waals surface area (Å²) in [5, 5.41) is 1.28. The molecule has 1 aromatic heterocycles. The van der Waals surface area contributed by atoms with Crippen LogP contribution in [0.2, 0.25) is 5.02 Å². The van der Waals surface area contributed by atoms with Crippen LogP contribution in [0.15, 0.2) is 57.7 Å². The first-order valence-electron chi connectivity index (χ1n) is 8.50. The van der Waals surface area contributed by atoms with E-state index in [1.165, 1.54) is 19.1 Å². The average Bonchev–Trinajstić information content (AvgIpc) is 2.66. The van der Waals surface area contributed by atoms with Crippen molar-refractivity contribution >= 4 is 34.3 Å². The van der Waals surface area contributed by atoms with Gasteiger partial charge in [-0.3, -0.25) is 4.79 Å². The summed E-state index contributed by atoms with van der Waals surface area (Å²) in [4.78, 5) is 35.7. The molecule has 0 spiro atoms. The Hall–Kier alpha value is -3.12. The number of hydrogen-bond acceptors (Lipinski definition) is 6. The highest BCUT2D eigenvalue weighted by molar-refractivity contribution is 6.30. The van der Waals surface area contributed by atoms with Gasteiger partial charge in [0.1, 0.15) is 11.3 Å². The number of rotatable bonds is 6. The smallest absolute Gasteiger partial charge is 0.344 e. The molecule has 0 N–H and O–H groups in total. The number of halogens is 1. The van der Waals surface area contributed by atoms with Crippen molar-refractivity contribution in [2.24, 2.45) is 0 Å². The Morgan fingerprint density at radius 1 is 1.11 bits per heavy atom. The van der Waals surface area contributed by atoms with E-state index in [2.05, 4.69) is 0 Å². The van der Waals surface area contributed by atoms with E-state index in [9.17, 15) is 14.4 Å². The first-order chi connectivity index (χ1) is 13.3. The highest BCUT2D eigenvalue weighted by atomic mass is 35.5. The van der Waals surface area contributed by atoms with Gasteiger partial charge in [0.2, 0.25) is 5.78 Å². The molecule has 0 saturated carbocycles. The van der Waals surface area contributed by atoms with Crippen molar-refractivity contribution in [2.45, 2.75) is 20.0 Å². The van der Waals surface area contributed by atoms with Crippen molar-refractivity contribution in [1.29, 1.82) is 0 Å². The van der Waals surface area contributed by atoms with Crippen LogP contribution >= 0.6 is 11.6 Å². The topological polar surface area (TPSA) is 82.8 Å². The molecule has 0 amide bonds. The molecule has 0 aliphatic rings. The number of benzene rings is 2. The van der Waals surface area contributed by atoms with Crippen LogP contribution in [0.5, 0.6) is 5.75 Å². The zero-order valence-electron chi connectivity index (χ0n) is 15.2. The van der Waals surface area contributed by atoms with E-state index < -0.39 is 17.7 Å². The Balaban J connectivity index is 1.60. The first-order valence-corrected chi connectivity index (χ1v) is 8.88. The van der Waals surface area contributed by atoms with Crippen molar-refractivity contribution in [3.8, 4) is 5.75 Å². The van der Waals surface area contributed by atoms with E-state index in [0.29, 0.717) is 21.9 Å². The summed E-state index contributed by atoms with van der Waals surface area (Å²) in [6, 6.07) is 12.6. The van der Waals surface area contributed by atoms with E-state index in [0.717, 1.165) is 10.9 Å². The van der Waals surface area contributed by atoms with Crippen molar-refractivity contribution in [3.63, 3.8) is 0 Å². The second-order valence-corrected chi connectivity index (χ2v) is 6.63. The summed E-state index contributed by atoms with van der Waals surface area (Å²) in [6.07, 6.45) is -0.963. The molecule has 0 aliphatic heterocycles. The third-order valence-electron chi connectivity index (χ3n) is 4.09. The van der Waals surface area contributed by atoms with Crippen molar-refractivity contribution < 1.29 is 23.5 Å². The fourth-order valence-electron chi connectivity index (χ4n) is 2.67. The predicted octanol–water partition coefficient (Wildman–Crippen LogP) is 3.95. The van der Waals surface area contributed by atoms with Gasteiger partial charge in [0, 0.05) is 28.1 Å². The van der Waals surface area contributed by atoms with Gasteiger partial charge in [0.15, 0.2) is 12.7 Å². The molecule has 7 heteroatoms. The number of carbonyl (C=O) groups excluding carboxylic acids is 2. The SMILES string of the molecule is Cc1cc(=O)oc2cc(OCC(=O)O[C@H](C)C(=O)c3ccc(Cl)cc3)ccc12. The molecule has 0 unspecified atom stereocenters. The minimum atomic E-state index is -0.963. The van der Waals surface area contributed by atoms with E-state index in [1.54, 1.807) is 43.3 Å². The molecular formula is C21H17ClO6. The van der Waals surface area contributed by atoms with Crippen LogP contribution in [0.4, 0.5) is 0 Å². The predicted molar refractivity (Wildman–Crippen MR) is 104 cm³/mol. The third-order valence-corrected chi connectivity index (χ3v) is 4.34. The maximum Gasteiger partial charge on any atom is 0.344 e. The van der Waals surface area contributed by atoms with E-state index in [4.69, 9.17) is 25.5 Å². The zero-order chi connectivity index (χ0) is 20.3. The van der Waals surface area contributed by atoms with Gasteiger partial charge in [-0.05, 0) is 55.8 Å². The molecule has 3 aromatic rings. The van der Waals surface area contributed by atoms with Crippen LogP contribution < -0.4 is 10.4 Å². The molecular weight excluding hydrogens is 384 g/mol. The molecule has 0 saturated heterocycles. The molecule has 2 aromatic carbocycles.